The van der Waals surface area contributed by atoms with Gasteiger partial charge in [-0.3, -0.25) is 9.59 Å². The SMILES string of the molecule is CCCCCNC(=O)C(C)(C)CC(=O)O. The highest BCUT2D eigenvalue weighted by Gasteiger charge is 2.29. The van der Waals surface area contributed by atoms with Crippen molar-refractivity contribution in [2.24, 2.45) is 5.41 Å². The minimum absolute atomic E-state index is 0.132. The number of carbonyl (C=O) groups excluding carboxylic acids is 1. The Morgan fingerprint density at radius 3 is 2.33 bits per heavy atom. The number of carbonyl (C=O) groups is 2. The Bertz CT molecular complexity index is 224. The lowest BCUT2D eigenvalue weighted by Crippen LogP contribution is -2.38. The van der Waals surface area contributed by atoms with Gasteiger partial charge in [-0.2, -0.15) is 0 Å². The van der Waals surface area contributed by atoms with Crippen molar-refractivity contribution < 1.29 is 14.7 Å². The van der Waals surface area contributed by atoms with Crippen LogP contribution in [0.15, 0.2) is 0 Å². The maximum Gasteiger partial charge on any atom is 0.304 e. The third kappa shape index (κ3) is 6.10. The number of aliphatic carboxylic acids is 1. The molecule has 0 aromatic carbocycles. The molecule has 0 heterocycles. The number of carboxylic acid groups (broad SMARTS) is 1. The van der Waals surface area contributed by atoms with Crippen LogP contribution in [0.4, 0.5) is 0 Å². The summed E-state index contributed by atoms with van der Waals surface area (Å²) in [7, 11) is 0. The zero-order valence-corrected chi connectivity index (χ0v) is 9.80. The van der Waals surface area contributed by atoms with E-state index in [9.17, 15) is 9.59 Å². The molecule has 4 nitrogen and oxygen atoms in total. The lowest BCUT2D eigenvalue weighted by atomic mass is 9.88. The summed E-state index contributed by atoms with van der Waals surface area (Å²) in [6, 6.07) is 0. The first-order valence-electron chi connectivity index (χ1n) is 5.40. The van der Waals surface area contributed by atoms with Gasteiger partial charge in [-0.25, -0.2) is 0 Å². The zero-order chi connectivity index (χ0) is 11.9. The molecule has 0 spiro atoms. The Labute approximate surface area is 91.1 Å². The van der Waals surface area contributed by atoms with Gasteiger partial charge in [-0.05, 0) is 6.42 Å². The molecule has 0 aliphatic heterocycles. The van der Waals surface area contributed by atoms with Gasteiger partial charge in [0.1, 0.15) is 0 Å². The Morgan fingerprint density at radius 1 is 1.27 bits per heavy atom. The molecule has 88 valence electrons. The van der Waals surface area contributed by atoms with Crippen molar-refractivity contribution in [1.82, 2.24) is 5.32 Å². The number of carboxylic acids is 1. The minimum atomic E-state index is -0.941. The summed E-state index contributed by atoms with van der Waals surface area (Å²) < 4.78 is 0. The van der Waals surface area contributed by atoms with E-state index in [4.69, 9.17) is 5.11 Å². The predicted octanol–water partition coefficient (Wildman–Crippen LogP) is 1.79. The molecule has 0 saturated carbocycles. The molecule has 0 aliphatic carbocycles. The number of hydrogen-bond donors (Lipinski definition) is 2. The van der Waals surface area contributed by atoms with Crippen LogP contribution in [0, 0.1) is 5.41 Å². The minimum Gasteiger partial charge on any atom is -0.481 e. The van der Waals surface area contributed by atoms with Crippen molar-refractivity contribution in [3.63, 3.8) is 0 Å². The molecular formula is C11H21NO3. The quantitative estimate of drug-likeness (QED) is 0.636. The smallest absolute Gasteiger partial charge is 0.304 e. The van der Waals surface area contributed by atoms with E-state index in [1.807, 2.05) is 0 Å². The fourth-order valence-electron chi connectivity index (χ4n) is 1.27. The molecule has 0 saturated heterocycles. The molecular weight excluding hydrogens is 194 g/mol. The topological polar surface area (TPSA) is 66.4 Å². The first kappa shape index (κ1) is 13.9. The maximum atomic E-state index is 11.6. The van der Waals surface area contributed by atoms with Gasteiger partial charge in [0.25, 0.3) is 0 Å². The molecule has 1 amide bonds. The van der Waals surface area contributed by atoms with Crippen LogP contribution in [-0.4, -0.2) is 23.5 Å². The molecule has 4 heteroatoms. The first-order chi connectivity index (χ1) is 6.90. The van der Waals surface area contributed by atoms with Crippen molar-refractivity contribution in [3.05, 3.63) is 0 Å². The summed E-state index contributed by atoms with van der Waals surface area (Å²) in [4.78, 5) is 22.1. The third-order valence-corrected chi connectivity index (χ3v) is 2.27. The Kier molecular flexibility index (Phi) is 5.97. The van der Waals surface area contributed by atoms with Crippen molar-refractivity contribution in [2.45, 2.75) is 46.5 Å². The second-order valence-electron chi connectivity index (χ2n) is 4.42. The van der Waals surface area contributed by atoms with Crippen LogP contribution in [0.3, 0.4) is 0 Å². The Balaban J connectivity index is 3.91. The van der Waals surface area contributed by atoms with Crippen molar-refractivity contribution in [1.29, 1.82) is 0 Å². The monoisotopic (exact) mass is 215 g/mol. The molecule has 0 rings (SSSR count). The normalized spacial score (nSPS) is 11.1. The molecule has 2 N–H and O–H groups in total. The number of amides is 1. The van der Waals surface area contributed by atoms with E-state index >= 15 is 0 Å². The molecule has 0 aromatic rings. The van der Waals surface area contributed by atoms with E-state index in [1.54, 1.807) is 13.8 Å². The predicted molar refractivity (Wildman–Crippen MR) is 58.6 cm³/mol. The molecule has 0 radical (unpaired) electrons. The van der Waals surface area contributed by atoms with Gasteiger partial charge >= 0.3 is 5.97 Å². The highest BCUT2D eigenvalue weighted by molar-refractivity contribution is 5.86. The van der Waals surface area contributed by atoms with Gasteiger partial charge in [0.2, 0.25) is 5.91 Å². The summed E-state index contributed by atoms with van der Waals surface area (Å²) in [6.07, 6.45) is 3.01. The number of rotatable bonds is 7. The molecule has 0 aromatic heterocycles. The van der Waals surface area contributed by atoms with E-state index in [0.29, 0.717) is 6.54 Å². The largest absolute Gasteiger partial charge is 0.481 e. The third-order valence-electron chi connectivity index (χ3n) is 2.27. The molecule has 0 atom stereocenters. The molecule has 0 bridgehead atoms. The van der Waals surface area contributed by atoms with E-state index in [-0.39, 0.29) is 12.3 Å². The van der Waals surface area contributed by atoms with Crippen LogP contribution in [0.5, 0.6) is 0 Å². The lowest BCUT2D eigenvalue weighted by molar-refractivity contribution is -0.144. The Hall–Kier alpha value is -1.06. The van der Waals surface area contributed by atoms with Crippen LogP contribution >= 0.6 is 0 Å². The zero-order valence-electron chi connectivity index (χ0n) is 9.80. The van der Waals surface area contributed by atoms with Gasteiger partial charge < -0.3 is 10.4 Å². The van der Waals surface area contributed by atoms with Gasteiger partial charge in [-0.15, -0.1) is 0 Å². The van der Waals surface area contributed by atoms with Gasteiger partial charge in [0.15, 0.2) is 0 Å². The fraction of sp³-hybridized carbons (Fsp3) is 0.818. The highest BCUT2D eigenvalue weighted by atomic mass is 16.4. The lowest BCUT2D eigenvalue weighted by Gasteiger charge is -2.21. The van der Waals surface area contributed by atoms with Gasteiger partial charge in [0.05, 0.1) is 11.8 Å². The summed E-state index contributed by atoms with van der Waals surface area (Å²) in [5.41, 5.74) is -0.821. The summed E-state index contributed by atoms with van der Waals surface area (Å²) in [5, 5.41) is 11.4. The number of hydrogen-bond acceptors (Lipinski definition) is 2. The average Bonchev–Trinajstić information content (AvgIpc) is 2.10. The van der Waals surface area contributed by atoms with E-state index in [2.05, 4.69) is 12.2 Å². The van der Waals surface area contributed by atoms with E-state index < -0.39 is 11.4 Å². The standard InChI is InChI=1S/C11H21NO3/c1-4-5-6-7-12-10(15)11(2,3)8-9(13)14/h4-8H2,1-3H3,(H,12,15)(H,13,14). The molecule has 0 aliphatic rings. The first-order valence-corrected chi connectivity index (χ1v) is 5.40. The van der Waals surface area contributed by atoms with E-state index in [1.165, 1.54) is 0 Å². The Morgan fingerprint density at radius 2 is 1.87 bits per heavy atom. The summed E-state index contributed by atoms with van der Waals surface area (Å²) in [6.45, 7) is 6.03. The fourth-order valence-corrected chi connectivity index (χ4v) is 1.27. The number of nitrogens with one attached hydrogen (secondary N) is 1. The molecule has 15 heavy (non-hydrogen) atoms. The number of unbranched alkanes of at least 4 members (excludes halogenated alkanes) is 2. The van der Waals surface area contributed by atoms with Crippen LogP contribution in [0.25, 0.3) is 0 Å². The van der Waals surface area contributed by atoms with E-state index in [0.717, 1.165) is 19.3 Å². The van der Waals surface area contributed by atoms with Gasteiger partial charge in [0, 0.05) is 6.54 Å². The van der Waals surface area contributed by atoms with Crippen LogP contribution in [0.1, 0.15) is 46.5 Å². The second-order valence-corrected chi connectivity index (χ2v) is 4.42. The van der Waals surface area contributed by atoms with Crippen molar-refractivity contribution in [2.75, 3.05) is 6.54 Å². The van der Waals surface area contributed by atoms with Crippen LogP contribution in [0.2, 0.25) is 0 Å². The van der Waals surface area contributed by atoms with Gasteiger partial charge in [-0.1, -0.05) is 33.6 Å². The molecule has 0 unspecified atom stereocenters. The highest BCUT2D eigenvalue weighted by Crippen LogP contribution is 2.20. The van der Waals surface area contributed by atoms with Crippen molar-refractivity contribution in [3.8, 4) is 0 Å². The molecule has 0 fully saturated rings. The average molecular weight is 215 g/mol. The van der Waals surface area contributed by atoms with Crippen LogP contribution in [-0.2, 0) is 9.59 Å². The summed E-state index contributed by atoms with van der Waals surface area (Å²) in [5.74, 6) is -1.12. The van der Waals surface area contributed by atoms with Crippen LogP contribution < -0.4 is 5.32 Å². The van der Waals surface area contributed by atoms with Crippen molar-refractivity contribution >= 4 is 11.9 Å². The second kappa shape index (κ2) is 6.43. The maximum absolute atomic E-state index is 11.6. The summed E-state index contributed by atoms with van der Waals surface area (Å²) >= 11 is 0.